The second-order valence-corrected chi connectivity index (χ2v) is 8.48. The fraction of sp³-hybridized carbons (Fsp3) is 0.700. The molecular weight excluding hydrogens is 380 g/mol. The Bertz CT molecular complexity index is 524. The van der Waals surface area contributed by atoms with Crippen molar-refractivity contribution in [2.24, 2.45) is 5.92 Å². The molecule has 2 aliphatic rings. The highest BCUT2D eigenvalue weighted by atomic mass is 79.9. The van der Waals surface area contributed by atoms with Crippen LogP contribution in [-0.4, -0.2) is 67.9 Å². The summed E-state index contributed by atoms with van der Waals surface area (Å²) in [5, 5.41) is 0. The van der Waals surface area contributed by atoms with Crippen LogP contribution in [0, 0.1) is 5.92 Å². The lowest BCUT2D eigenvalue weighted by Crippen LogP contribution is -2.48. The highest BCUT2D eigenvalue weighted by Gasteiger charge is 2.26. The molecule has 2 unspecified atom stereocenters. The smallest absolute Gasteiger partial charge is 0.120 e. The molecule has 0 radical (unpaired) electrons. The predicted molar refractivity (Wildman–Crippen MR) is 105 cm³/mol. The fourth-order valence-corrected chi connectivity index (χ4v) is 4.42. The molecule has 2 atom stereocenters. The molecule has 0 saturated carbocycles. The highest BCUT2D eigenvalue weighted by Crippen LogP contribution is 2.21. The zero-order valence-electron chi connectivity index (χ0n) is 15.5. The Morgan fingerprint density at radius 1 is 1.12 bits per heavy atom. The molecule has 4 nitrogen and oxygen atoms in total. The van der Waals surface area contributed by atoms with Crippen molar-refractivity contribution in [3.63, 3.8) is 0 Å². The average Bonchev–Trinajstić information content (AvgIpc) is 2.56. The summed E-state index contributed by atoms with van der Waals surface area (Å²) in [5.74, 6) is 1.78. The van der Waals surface area contributed by atoms with Crippen LogP contribution in [-0.2, 0) is 4.74 Å². The molecule has 0 aromatic heterocycles. The summed E-state index contributed by atoms with van der Waals surface area (Å²) < 4.78 is 12.8. The molecule has 0 bridgehead atoms. The summed E-state index contributed by atoms with van der Waals surface area (Å²) in [6.07, 6.45) is 3.35. The number of morpholine rings is 1. The van der Waals surface area contributed by atoms with Gasteiger partial charge >= 0.3 is 0 Å². The molecule has 3 rings (SSSR count). The summed E-state index contributed by atoms with van der Waals surface area (Å²) in [5.41, 5.74) is 0. The lowest BCUT2D eigenvalue weighted by molar-refractivity contribution is -0.0732. The van der Waals surface area contributed by atoms with Crippen LogP contribution in [0.15, 0.2) is 28.7 Å². The van der Waals surface area contributed by atoms with E-state index in [1.807, 2.05) is 24.3 Å². The van der Waals surface area contributed by atoms with Crippen molar-refractivity contribution in [1.29, 1.82) is 0 Å². The van der Waals surface area contributed by atoms with Gasteiger partial charge in [0.15, 0.2) is 0 Å². The van der Waals surface area contributed by atoms with Crippen LogP contribution < -0.4 is 4.74 Å². The molecule has 2 fully saturated rings. The molecule has 0 spiro atoms. The summed E-state index contributed by atoms with van der Waals surface area (Å²) in [6, 6.07) is 8.07. The van der Waals surface area contributed by atoms with Gasteiger partial charge in [-0.3, -0.25) is 9.80 Å². The number of halogens is 1. The molecule has 5 heteroatoms. The summed E-state index contributed by atoms with van der Waals surface area (Å²) in [7, 11) is 0. The zero-order chi connectivity index (χ0) is 17.6. The minimum Gasteiger partial charge on any atom is -0.492 e. The third-order valence-electron chi connectivity index (χ3n) is 5.19. The summed E-state index contributed by atoms with van der Waals surface area (Å²) in [4.78, 5) is 5.15. The number of hydrogen-bond acceptors (Lipinski definition) is 4. The van der Waals surface area contributed by atoms with Crippen LogP contribution in [0.2, 0.25) is 0 Å². The normalized spacial score (nSPS) is 26.7. The topological polar surface area (TPSA) is 24.9 Å². The Hall–Kier alpha value is -0.620. The van der Waals surface area contributed by atoms with Crippen molar-refractivity contribution >= 4 is 15.9 Å². The lowest BCUT2D eigenvalue weighted by Gasteiger charge is -2.39. The van der Waals surface area contributed by atoms with Crippen LogP contribution in [0.25, 0.3) is 0 Å². The van der Waals surface area contributed by atoms with E-state index in [1.165, 1.54) is 32.5 Å². The number of ether oxygens (including phenoxy) is 2. The maximum Gasteiger partial charge on any atom is 0.120 e. The molecule has 2 saturated heterocycles. The first-order valence-electron chi connectivity index (χ1n) is 9.57. The third kappa shape index (κ3) is 6.24. The van der Waals surface area contributed by atoms with E-state index in [1.54, 1.807) is 0 Å². The van der Waals surface area contributed by atoms with Gasteiger partial charge in [0.1, 0.15) is 12.4 Å². The standard InChI is InChI=1S/C20H31BrN2O2/c1-16-13-23(14-17(2)25-16)15-18-6-8-22(9-7-18)10-11-24-20-5-3-4-19(21)12-20/h3-5,12,16-18H,6-11,13-15H2,1-2H3. The minimum atomic E-state index is 0.374. The maximum atomic E-state index is 5.87. The molecular formula is C20H31BrN2O2. The molecule has 0 N–H and O–H groups in total. The molecule has 1 aromatic rings. The van der Waals surface area contributed by atoms with E-state index in [9.17, 15) is 0 Å². The number of benzene rings is 1. The highest BCUT2D eigenvalue weighted by molar-refractivity contribution is 9.10. The van der Waals surface area contributed by atoms with E-state index in [4.69, 9.17) is 9.47 Å². The van der Waals surface area contributed by atoms with Gasteiger partial charge in [-0.2, -0.15) is 0 Å². The third-order valence-corrected chi connectivity index (χ3v) is 5.68. The first kappa shape index (κ1) is 19.2. The van der Waals surface area contributed by atoms with Crippen molar-refractivity contribution in [3.05, 3.63) is 28.7 Å². The second kappa shape index (κ2) is 9.36. The van der Waals surface area contributed by atoms with Crippen molar-refractivity contribution in [2.45, 2.75) is 38.9 Å². The Morgan fingerprint density at radius 3 is 2.52 bits per heavy atom. The Balaban J connectivity index is 1.33. The average molecular weight is 411 g/mol. The minimum absolute atomic E-state index is 0.374. The van der Waals surface area contributed by atoms with Crippen LogP contribution in [0.5, 0.6) is 5.75 Å². The lowest BCUT2D eigenvalue weighted by atomic mass is 9.95. The van der Waals surface area contributed by atoms with Gasteiger partial charge in [-0.05, 0) is 63.9 Å². The van der Waals surface area contributed by atoms with Crippen LogP contribution in [0.3, 0.4) is 0 Å². The molecule has 1 aromatic carbocycles. The fourth-order valence-electron chi connectivity index (χ4n) is 4.04. The Labute approximate surface area is 160 Å². The molecule has 25 heavy (non-hydrogen) atoms. The summed E-state index contributed by atoms with van der Waals surface area (Å²) >= 11 is 3.48. The maximum absolute atomic E-state index is 5.87. The second-order valence-electron chi connectivity index (χ2n) is 7.57. The van der Waals surface area contributed by atoms with Gasteiger partial charge in [-0.15, -0.1) is 0 Å². The molecule has 2 heterocycles. The Kier molecular flexibility index (Phi) is 7.17. The van der Waals surface area contributed by atoms with Crippen LogP contribution >= 0.6 is 15.9 Å². The number of rotatable bonds is 6. The number of piperidine rings is 1. The van der Waals surface area contributed by atoms with Crippen molar-refractivity contribution in [2.75, 3.05) is 45.9 Å². The number of hydrogen-bond donors (Lipinski definition) is 0. The van der Waals surface area contributed by atoms with Gasteiger partial charge in [-0.1, -0.05) is 22.0 Å². The van der Waals surface area contributed by atoms with Gasteiger partial charge in [0, 0.05) is 30.7 Å². The largest absolute Gasteiger partial charge is 0.492 e. The van der Waals surface area contributed by atoms with E-state index in [0.717, 1.165) is 42.4 Å². The summed E-state index contributed by atoms with van der Waals surface area (Å²) in [6.45, 7) is 12.0. The molecule has 2 aliphatic heterocycles. The van der Waals surface area contributed by atoms with Gasteiger partial charge in [-0.25, -0.2) is 0 Å². The first-order chi connectivity index (χ1) is 12.1. The molecule has 0 aliphatic carbocycles. The first-order valence-corrected chi connectivity index (χ1v) is 10.4. The van der Waals surface area contributed by atoms with Gasteiger partial charge < -0.3 is 9.47 Å². The number of nitrogens with zero attached hydrogens (tertiary/aromatic N) is 2. The van der Waals surface area contributed by atoms with Crippen molar-refractivity contribution < 1.29 is 9.47 Å². The van der Waals surface area contributed by atoms with Crippen LogP contribution in [0.4, 0.5) is 0 Å². The van der Waals surface area contributed by atoms with Crippen LogP contribution in [0.1, 0.15) is 26.7 Å². The monoisotopic (exact) mass is 410 g/mol. The predicted octanol–water partition coefficient (Wildman–Crippen LogP) is 3.65. The van der Waals surface area contributed by atoms with E-state index in [-0.39, 0.29) is 0 Å². The van der Waals surface area contributed by atoms with E-state index in [2.05, 4.69) is 39.6 Å². The quantitative estimate of drug-likeness (QED) is 0.714. The van der Waals surface area contributed by atoms with Crippen molar-refractivity contribution in [3.8, 4) is 5.75 Å². The van der Waals surface area contributed by atoms with E-state index >= 15 is 0 Å². The van der Waals surface area contributed by atoms with Gasteiger partial charge in [0.2, 0.25) is 0 Å². The molecule has 0 amide bonds. The van der Waals surface area contributed by atoms with E-state index < -0.39 is 0 Å². The van der Waals surface area contributed by atoms with E-state index in [0.29, 0.717) is 12.2 Å². The molecule has 140 valence electrons. The SMILES string of the molecule is CC1CN(CC2CCN(CCOc3cccc(Br)c3)CC2)CC(C)O1. The Morgan fingerprint density at radius 2 is 1.84 bits per heavy atom. The van der Waals surface area contributed by atoms with Crippen molar-refractivity contribution in [1.82, 2.24) is 9.80 Å². The zero-order valence-corrected chi connectivity index (χ0v) is 17.1. The van der Waals surface area contributed by atoms with Gasteiger partial charge in [0.25, 0.3) is 0 Å². The van der Waals surface area contributed by atoms with Gasteiger partial charge in [0.05, 0.1) is 12.2 Å². The number of likely N-dealkylation sites (tertiary alicyclic amines) is 1.